The molecule has 2 amide bonds. The zero-order chi connectivity index (χ0) is 19.0. The van der Waals surface area contributed by atoms with Crippen molar-refractivity contribution in [1.29, 1.82) is 0 Å². The monoisotopic (exact) mass is 372 g/mol. The fraction of sp³-hybridized carbons (Fsp3) is 0.500. The number of carboxylic acids is 1. The van der Waals surface area contributed by atoms with Crippen molar-refractivity contribution in [2.24, 2.45) is 11.8 Å². The van der Waals surface area contributed by atoms with Crippen LogP contribution in [0, 0.1) is 11.8 Å². The number of anilines is 1. The molecule has 7 nitrogen and oxygen atoms in total. The maximum absolute atomic E-state index is 12.8. The molecule has 2 atom stereocenters. The highest BCUT2D eigenvalue weighted by molar-refractivity contribution is 5.89. The zero-order valence-electron chi connectivity index (χ0n) is 12.1. The Morgan fingerprint density at radius 2 is 1.76 bits per heavy atom. The number of aromatic nitrogens is 2. The van der Waals surface area contributed by atoms with E-state index in [9.17, 15) is 35.9 Å². The summed E-state index contributed by atoms with van der Waals surface area (Å²) >= 11 is 0. The van der Waals surface area contributed by atoms with E-state index in [2.05, 4.69) is 10.2 Å². The Morgan fingerprint density at radius 1 is 1.12 bits per heavy atom. The van der Waals surface area contributed by atoms with Crippen LogP contribution >= 0.6 is 0 Å². The van der Waals surface area contributed by atoms with Crippen molar-refractivity contribution < 1.29 is 41.0 Å². The van der Waals surface area contributed by atoms with Gasteiger partial charge in [0, 0.05) is 13.1 Å². The number of amides is 2. The molecule has 1 aromatic heterocycles. The van der Waals surface area contributed by atoms with Gasteiger partial charge in [-0.2, -0.15) is 26.3 Å². The summed E-state index contributed by atoms with van der Waals surface area (Å²) in [6.07, 6.45) is -9.55. The third kappa shape index (κ3) is 4.28. The van der Waals surface area contributed by atoms with Gasteiger partial charge in [0.25, 0.3) is 0 Å². The molecule has 2 rings (SSSR count). The normalized spacial score (nSPS) is 21.3. The molecule has 2 heterocycles. The first-order chi connectivity index (χ1) is 11.4. The summed E-state index contributed by atoms with van der Waals surface area (Å²) in [7, 11) is 0. The van der Waals surface area contributed by atoms with Gasteiger partial charge >= 0.3 is 24.4 Å². The summed E-state index contributed by atoms with van der Waals surface area (Å²) < 4.78 is 75.5. The van der Waals surface area contributed by atoms with Crippen LogP contribution in [0.15, 0.2) is 12.1 Å². The summed E-state index contributed by atoms with van der Waals surface area (Å²) in [6, 6.07) is 0.192. The second kappa shape index (κ2) is 6.37. The van der Waals surface area contributed by atoms with Crippen LogP contribution in [0.3, 0.4) is 0 Å². The third-order valence-electron chi connectivity index (χ3n) is 3.53. The lowest BCUT2D eigenvalue weighted by Crippen LogP contribution is -2.35. The van der Waals surface area contributed by atoms with Gasteiger partial charge in [0.15, 0.2) is 11.5 Å². The number of rotatable bonds is 2. The Hall–Kier alpha value is -2.60. The van der Waals surface area contributed by atoms with E-state index in [-0.39, 0.29) is 0 Å². The lowest BCUT2D eigenvalue weighted by molar-refractivity contribution is -0.187. The van der Waals surface area contributed by atoms with Gasteiger partial charge in [0.1, 0.15) is 0 Å². The van der Waals surface area contributed by atoms with Gasteiger partial charge < -0.3 is 10.0 Å². The van der Waals surface area contributed by atoms with Crippen molar-refractivity contribution in [3.63, 3.8) is 0 Å². The van der Waals surface area contributed by atoms with Crippen LogP contribution in [0.25, 0.3) is 0 Å². The Bertz CT molecular complexity index is 660. The average Bonchev–Trinajstić information content (AvgIpc) is 2.92. The van der Waals surface area contributed by atoms with Crippen molar-refractivity contribution in [3.05, 3.63) is 17.8 Å². The van der Waals surface area contributed by atoms with Crippen LogP contribution in [-0.4, -0.2) is 51.5 Å². The van der Waals surface area contributed by atoms with E-state index < -0.39 is 60.8 Å². The van der Waals surface area contributed by atoms with Crippen LogP contribution < -0.4 is 5.32 Å². The molecule has 0 spiro atoms. The van der Waals surface area contributed by atoms with E-state index in [0.717, 1.165) is 6.07 Å². The number of carbonyl (C=O) groups is 2. The van der Waals surface area contributed by atoms with Crippen LogP contribution in [0.5, 0.6) is 0 Å². The molecule has 0 saturated carbocycles. The molecule has 2 N–H and O–H groups in total. The van der Waals surface area contributed by atoms with Crippen molar-refractivity contribution in [1.82, 2.24) is 15.1 Å². The molecule has 0 radical (unpaired) electrons. The number of hydrogen-bond donors (Lipinski definition) is 2. The fourth-order valence-corrected chi connectivity index (χ4v) is 2.29. The number of carbonyl (C=O) groups excluding carboxylic acids is 1. The summed E-state index contributed by atoms with van der Waals surface area (Å²) in [5.41, 5.74) is -1.31. The number of aliphatic carboxylic acids is 1. The van der Waals surface area contributed by atoms with E-state index in [1.807, 2.05) is 5.32 Å². The van der Waals surface area contributed by atoms with Gasteiger partial charge in [-0.1, -0.05) is 0 Å². The van der Waals surface area contributed by atoms with Crippen molar-refractivity contribution in [3.8, 4) is 0 Å². The molecule has 0 unspecified atom stereocenters. The first-order valence-corrected chi connectivity index (χ1v) is 6.66. The van der Waals surface area contributed by atoms with Crippen molar-refractivity contribution in [2.45, 2.75) is 12.4 Å². The number of halogens is 6. The lowest BCUT2D eigenvalue weighted by Gasteiger charge is -2.18. The minimum atomic E-state index is -4.81. The molecule has 13 heteroatoms. The van der Waals surface area contributed by atoms with Crippen LogP contribution in [0.1, 0.15) is 5.69 Å². The Kier molecular flexibility index (Phi) is 4.77. The minimum Gasteiger partial charge on any atom is -0.481 e. The molecule has 0 aromatic carbocycles. The topological polar surface area (TPSA) is 95.4 Å². The molecule has 1 aliphatic heterocycles. The number of carboxylic acid groups (broad SMARTS) is 1. The highest BCUT2D eigenvalue weighted by Gasteiger charge is 2.53. The number of urea groups is 1. The van der Waals surface area contributed by atoms with E-state index in [0.29, 0.717) is 11.0 Å². The summed E-state index contributed by atoms with van der Waals surface area (Å²) in [5, 5.41) is 16.8. The molecule has 138 valence electrons. The number of alkyl halides is 6. The predicted molar refractivity (Wildman–Crippen MR) is 68.3 cm³/mol. The van der Waals surface area contributed by atoms with Gasteiger partial charge in [0.2, 0.25) is 0 Å². The number of nitrogens with zero attached hydrogens (tertiary/aromatic N) is 3. The quantitative estimate of drug-likeness (QED) is 0.777. The third-order valence-corrected chi connectivity index (χ3v) is 3.53. The summed E-state index contributed by atoms with van der Waals surface area (Å²) in [5.74, 6) is -6.19. The van der Waals surface area contributed by atoms with E-state index in [4.69, 9.17) is 5.11 Å². The standard InChI is InChI=1S/C12H10F6N4O3/c13-11(14,15)6-4-22(3-5(6)9(23)24)10(25)19-8-2-1-7(20-21-8)12(16,17)18/h1-2,5-6H,3-4H2,(H,23,24)(H,19,21,25)/t5-,6-/m1/s1. The van der Waals surface area contributed by atoms with Gasteiger partial charge in [0.05, 0.1) is 11.8 Å². The SMILES string of the molecule is O=C(O)[C@@H]1CN(C(=O)Nc2ccc(C(F)(F)F)nn2)C[C@H]1C(F)(F)F. The Labute approximate surface area is 135 Å². The highest BCUT2D eigenvalue weighted by Crippen LogP contribution is 2.37. The van der Waals surface area contributed by atoms with Gasteiger partial charge in [-0.25, -0.2) is 4.79 Å². The van der Waals surface area contributed by atoms with Gasteiger partial charge in [-0.05, 0) is 12.1 Å². The van der Waals surface area contributed by atoms with E-state index in [1.54, 1.807) is 0 Å². The molecule has 1 fully saturated rings. The molecule has 1 saturated heterocycles. The molecule has 1 aliphatic rings. The molecule has 0 bridgehead atoms. The number of nitrogens with one attached hydrogen (secondary N) is 1. The maximum atomic E-state index is 12.8. The van der Waals surface area contributed by atoms with Crippen molar-refractivity contribution in [2.75, 3.05) is 18.4 Å². The maximum Gasteiger partial charge on any atom is 0.435 e. The van der Waals surface area contributed by atoms with Crippen LogP contribution in [0.2, 0.25) is 0 Å². The number of likely N-dealkylation sites (tertiary alicyclic amines) is 1. The zero-order valence-corrected chi connectivity index (χ0v) is 12.1. The first kappa shape index (κ1) is 18.7. The van der Waals surface area contributed by atoms with Gasteiger partial charge in [-0.15, -0.1) is 10.2 Å². The Balaban J connectivity index is 2.07. The summed E-state index contributed by atoms with van der Waals surface area (Å²) in [4.78, 5) is 23.4. The lowest BCUT2D eigenvalue weighted by atomic mass is 9.96. The Morgan fingerprint density at radius 3 is 2.16 bits per heavy atom. The molecule has 0 aliphatic carbocycles. The van der Waals surface area contributed by atoms with Crippen molar-refractivity contribution >= 4 is 17.8 Å². The van der Waals surface area contributed by atoms with E-state index >= 15 is 0 Å². The first-order valence-electron chi connectivity index (χ1n) is 6.66. The number of hydrogen-bond acceptors (Lipinski definition) is 4. The smallest absolute Gasteiger partial charge is 0.435 e. The van der Waals surface area contributed by atoms with Crippen LogP contribution in [-0.2, 0) is 11.0 Å². The summed E-state index contributed by atoms with van der Waals surface area (Å²) in [6.45, 7) is -1.58. The molecule has 1 aromatic rings. The van der Waals surface area contributed by atoms with E-state index in [1.165, 1.54) is 0 Å². The second-order valence-corrected chi connectivity index (χ2v) is 5.23. The predicted octanol–water partition coefficient (Wildman–Crippen LogP) is 2.22. The minimum absolute atomic E-state index is 0.416. The van der Waals surface area contributed by atoms with Gasteiger partial charge in [-0.3, -0.25) is 10.1 Å². The highest BCUT2D eigenvalue weighted by atomic mass is 19.4. The molecular formula is C12H10F6N4O3. The van der Waals surface area contributed by atoms with Crippen LogP contribution in [0.4, 0.5) is 37.0 Å². The molecular weight excluding hydrogens is 362 g/mol. The average molecular weight is 372 g/mol. The molecule has 25 heavy (non-hydrogen) atoms. The fourth-order valence-electron chi connectivity index (χ4n) is 2.29. The second-order valence-electron chi connectivity index (χ2n) is 5.23. The largest absolute Gasteiger partial charge is 0.481 e.